The highest BCUT2D eigenvalue weighted by Gasteiger charge is 2.17. The second-order valence-corrected chi connectivity index (χ2v) is 5.46. The van der Waals surface area contributed by atoms with Crippen LogP contribution in [0.4, 0.5) is 5.82 Å². The van der Waals surface area contributed by atoms with Gasteiger partial charge in [-0.15, -0.1) is 0 Å². The standard InChI is InChI=1S/C14H24N4/c1-11-8-13(9-12(2)15)10-16-14(11)18-6-4-17(3)5-7-18/h8,10,12H,4-7,9,15H2,1-3H3. The third kappa shape index (κ3) is 3.21. The Hall–Kier alpha value is -1.13. The summed E-state index contributed by atoms with van der Waals surface area (Å²) in [5.41, 5.74) is 8.33. The van der Waals surface area contributed by atoms with Gasteiger partial charge in [-0.3, -0.25) is 0 Å². The fraction of sp³-hybridized carbons (Fsp3) is 0.643. The second kappa shape index (κ2) is 5.67. The summed E-state index contributed by atoms with van der Waals surface area (Å²) in [6.07, 6.45) is 2.88. The summed E-state index contributed by atoms with van der Waals surface area (Å²) in [5, 5.41) is 0. The molecular formula is C14H24N4. The SMILES string of the molecule is Cc1cc(CC(C)N)cnc1N1CCN(C)CC1. The first kappa shape index (κ1) is 13.3. The van der Waals surface area contributed by atoms with Crippen LogP contribution in [-0.2, 0) is 6.42 Å². The lowest BCUT2D eigenvalue weighted by molar-refractivity contribution is 0.312. The summed E-state index contributed by atoms with van der Waals surface area (Å²) < 4.78 is 0. The number of anilines is 1. The molecule has 0 aliphatic carbocycles. The van der Waals surface area contributed by atoms with Crippen LogP contribution in [0.15, 0.2) is 12.3 Å². The molecule has 0 spiro atoms. The van der Waals surface area contributed by atoms with Crippen molar-refractivity contribution < 1.29 is 0 Å². The van der Waals surface area contributed by atoms with E-state index in [0.29, 0.717) is 0 Å². The van der Waals surface area contributed by atoms with Gasteiger partial charge in [0.15, 0.2) is 0 Å². The molecule has 1 aromatic heterocycles. The van der Waals surface area contributed by atoms with E-state index in [4.69, 9.17) is 5.73 Å². The van der Waals surface area contributed by atoms with Crippen molar-refractivity contribution in [1.29, 1.82) is 0 Å². The topological polar surface area (TPSA) is 45.4 Å². The first-order valence-electron chi connectivity index (χ1n) is 6.71. The first-order valence-corrected chi connectivity index (χ1v) is 6.71. The van der Waals surface area contributed by atoms with Gasteiger partial charge in [0.25, 0.3) is 0 Å². The number of piperazine rings is 1. The molecule has 1 aliphatic rings. The highest BCUT2D eigenvalue weighted by molar-refractivity contribution is 5.47. The van der Waals surface area contributed by atoms with Gasteiger partial charge in [0.05, 0.1) is 0 Å². The number of hydrogen-bond acceptors (Lipinski definition) is 4. The molecule has 100 valence electrons. The van der Waals surface area contributed by atoms with Crippen LogP contribution >= 0.6 is 0 Å². The zero-order chi connectivity index (χ0) is 13.1. The molecular weight excluding hydrogens is 224 g/mol. The van der Waals surface area contributed by atoms with Gasteiger partial charge in [0, 0.05) is 38.4 Å². The predicted molar refractivity (Wildman–Crippen MR) is 76.0 cm³/mol. The number of likely N-dealkylation sites (N-methyl/N-ethyl adjacent to an activating group) is 1. The second-order valence-electron chi connectivity index (χ2n) is 5.46. The molecule has 2 heterocycles. The number of nitrogens with zero attached hydrogens (tertiary/aromatic N) is 3. The summed E-state index contributed by atoms with van der Waals surface area (Å²) in [7, 11) is 2.17. The molecule has 4 heteroatoms. The van der Waals surface area contributed by atoms with E-state index in [9.17, 15) is 0 Å². The fourth-order valence-electron chi connectivity index (χ4n) is 2.46. The number of aryl methyl sites for hydroxylation is 1. The quantitative estimate of drug-likeness (QED) is 0.868. The van der Waals surface area contributed by atoms with Crippen LogP contribution in [0.25, 0.3) is 0 Å². The summed E-state index contributed by atoms with van der Waals surface area (Å²) in [4.78, 5) is 9.37. The first-order chi connectivity index (χ1) is 8.56. The maximum absolute atomic E-state index is 5.83. The van der Waals surface area contributed by atoms with E-state index < -0.39 is 0 Å². The van der Waals surface area contributed by atoms with Crippen molar-refractivity contribution in [3.8, 4) is 0 Å². The lowest BCUT2D eigenvalue weighted by atomic mass is 10.1. The van der Waals surface area contributed by atoms with Crippen LogP contribution in [0.5, 0.6) is 0 Å². The highest BCUT2D eigenvalue weighted by atomic mass is 15.3. The third-order valence-corrected chi connectivity index (χ3v) is 3.47. The summed E-state index contributed by atoms with van der Waals surface area (Å²) in [6.45, 7) is 8.54. The molecule has 0 amide bonds. The largest absolute Gasteiger partial charge is 0.354 e. The number of pyridine rings is 1. The Kier molecular flexibility index (Phi) is 4.19. The zero-order valence-electron chi connectivity index (χ0n) is 11.7. The average molecular weight is 248 g/mol. The van der Waals surface area contributed by atoms with E-state index in [1.54, 1.807) is 0 Å². The summed E-state index contributed by atoms with van der Waals surface area (Å²) >= 11 is 0. The third-order valence-electron chi connectivity index (χ3n) is 3.47. The van der Waals surface area contributed by atoms with Crippen LogP contribution in [0, 0.1) is 6.92 Å². The molecule has 0 saturated carbocycles. The Morgan fingerprint density at radius 3 is 2.56 bits per heavy atom. The monoisotopic (exact) mass is 248 g/mol. The number of aromatic nitrogens is 1. The van der Waals surface area contributed by atoms with Crippen LogP contribution in [-0.4, -0.2) is 49.2 Å². The predicted octanol–water partition coefficient (Wildman–Crippen LogP) is 1.03. The molecule has 18 heavy (non-hydrogen) atoms. The van der Waals surface area contributed by atoms with E-state index in [0.717, 1.165) is 38.4 Å². The minimum absolute atomic E-state index is 0.195. The highest BCUT2D eigenvalue weighted by Crippen LogP contribution is 2.19. The summed E-state index contributed by atoms with van der Waals surface area (Å²) in [5.74, 6) is 1.14. The molecule has 1 atom stereocenters. The average Bonchev–Trinajstić information content (AvgIpc) is 2.30. The number of nitrogens with two attached hydrogens (primary N) is 1. The van der Waals surface area contributed by atoms with Crippen LogP contribution in [0.2, 0.25) is 0 Å². The van der Waals surface area contributed by atoms with E-state index in [2.05, 4.69) is 34.8 Å². The van der Waals surface area contributed by atoms with Crippen molar-refractivity contribution in [3.05, 3.63) is 23.4 Å². The van der Waals surface area contributed by atoms with Crippen molar-refractivity contribution in [2.75, 3.05) is 38.1 Å². The van der Waals surface area contributed by atoms with E-state index in [1.165, 1.54) is 11.1 Å². The molecule has 1 unspecified atom stereocenters. The fourth-order valence-corrected chi connectivity index (χ4v) is 2.46. The van der Waals surface area contributed by atoms with Crippen LogP contribution in [0.1, 0.15) is 18.1 Å². The maximum atomic E-state index is 5.83. The molecule has 1 aliphatic heterocycles. The van der Waals surface area contributed by atoms with Crippen molar-refractivity contribution in [3.63, 3.8) is 0 Å². The normalized spacial score (nSPS) is 19.0. The van der Waals surface area contributed by atoms with Gasteiger partial charge in [-0.05, 0) is 38.4 Å². The van der Waals surface area contributed by atoms with Crippen LogP contribution < -0.4 is 10.6 Å². The Labute approximate surface area is 110 Å². The van der Waals surface area contributed by atoms with Crippen LogP contribution in [0.3, 0.4) is 0 Å². The van der Waals surface area contributed by atoms with E-state index in [1.807, 2.05) is 13.1 Å². The molecule has 2 rings (SSSR count). The number of hydrogen-bond donors (Lipinski definition) is 1. The van der Waals surface area contributed by atoms with Crippen molar-refractivity contribution in [2.24, 2.45) is 5.73 Å². The van der Waals surface area contributed by atoms with Gasteiger partial charge in [0.2, 0.25) is 0 Å². The Morgan fingerprint density at radius 2 is 2.00 bits per heavy atom. The van der Waals surface area contributed by atoms with E-state index >= 15 is 0 Å². The molecule has 0 radical (unpaired) electrons. The minimum Gasteiger partial charge on any atom is -0.354 e. The molecule has 0 aromatic carbocycles. The van der Waals surface area contributed by atoms with Gasteiger partial charge >= 0.3 is 0 Å². The summed E-state index contributed by atoms with van der Waals surface area (Å²) in [6, 6.07) is 2.42. The number of rotatable bonds is 3. The van der Waals surface area contributed by atoms with Gasteiger partial charge in [0.1, 0.15) is 5.82 Å². The van der Waals surface area contributed by atoms with Crippen molar-refractivity contribution in [2.45, 2.75) is 26.3 Å². The Balaban J connectivity index is 2.09. The Morgan fingerprint density at radius 1 is 1.33 bits per heavy atom. The van der Waals surface area contributed by atoms with Crippen molar-refractivity contribution in [1.82, 2.24) is 9.88 Å². The Bertz CT molecular complexity index is 395. The van der Waals surface area contributed by atoms with Crippen molar-refractivity contribution >= 4 is 5.82 Å². The van der Waals surface area contributed by atoms with Gasteiger partial charge < -0.3 is 15.5 Å². The molecule has 1 aromatic rings. The maximum Gasteiger partial charge on any atom is 0.131 e. The van der Waals surface area contributed by atoms with Gasteiger partial charge in [-0.25, -0.2) is 4.98 Å². The zero-order valence-corrected chi connectivity index (χ0v) is 11.7. The smallest absolute Gasteiger partial charge is 0.131 e. The molecule has 1 saturated heterocycles. The van der Waals surface area contributed by atoms with Gasteiger partial charge in [-0.1, -0.05) is 6.07 Å². The molecule has 4 nitrogen and oxygen atoms in total. The van der Waals surface area contributed by atoms with E-state index in [-0.39, 0.29) is 6.04 Å². The lowest BCUT2D eigenvalue weighted by Gasteiger charge is -2.34. The van der Waals surface area contributed by atoms with Gasteiger partial charge in [-0.2, -0.15) is 0 Å². The molecule has 1 fully saturated rings. The minimum atomic E-state index is 0.195. The molecule has 0 bridgehead atoms. The molecule has 2 N–H and O–H groups in total. The lowest BCUT2D eigenvalue weighted by Crippen LogP contribution is -2.45.